The largest absolute Gasteiger partial charge is 0.346 e. The third-order valence-corrected chi connectivity index (χ3v) is 5.12. The van der Waals surface area contributed by atoms with E-state index < -0.39 is 0 Å². The van der Waals surface area contributed by atoms with Gasteiger partial charge in [-0.1, -0.05) is 36.2 Å². The molecule has 1 heterocycles. The minimum atomic E-state index is -0.349. The van der Waals surface area contributed by atoms with Crippen molar-refractivity contribution in [2.24, 2.45) is 11.8 Å². The Hall–Kier alpha value is -0.480. The summed E-state index contributed by atoms with van der Waals surface area (Å²) in [4.78, 5) is 12.4. The molecule has 2 aliphatic rings. The molecule has 1 amide bonds. The molecule has 1 aromatic rings. The predicted octanol–water partition coefficient (Wildman–Crippen LogP) is 3.38. The lowest BCUT2D eigenvalue weighted by Crippen LogP contribution is -2.51. The Morgan fingerprint density at radius 2 is 1.90 bits per heavy atom. The summed E-state index contributed by atoms with van der Waals surface area (Å²) in [5, 5.41) is 7.65. The average Bonchev–Trinajstić information content (AvgIpc) is 3.07. The Bertz CT molecular complexity index is 521. The Labute approximate surface area is 141 Å². The van der Waals surface area contributed by atoms with Crippen molar-refractivity contribution in [3.63, 3.8) is 0 Å². The average molecular weight is 350 g/mol. The maximum atomic E-state index is 12.4. The van der Waals surface area contributed by atoms with E-state index in [1.54, 1.807) is 0 Å². The standard InChI is InChI=1S/C15H18Cl2N2O.ClH/c1-9(10-7-18-8-10)14(20)19-15(5-6-15)13-11(16)3-2-4-12(13)17;/h2-4,9-10,18H,5-8H2,1H3,(H,19,20);1H. The Morgan fingerprint density at radius 3 is 2.33 bits per heavy atom. The van der Waals surface area contributed by atoms with Crippen molar-refractivity contribution >= 4 is 41.5 Å². The maximum absolute atomic E-state index is 12.4. The van der Waals surface area contributed by atoms with Crippen LogP contribution in [0, 0.1) is 11.8 Å². The van der Waals surface area contributed by atoms with Gasteiger partial charge in [-0.05, 0) is 44.0 Å². The van der Waals surface area contributed by atoms with Gasteiger partial charge in [0, 0.05) is 21.5 Å². The van der Waals surface area contributed by atoms with E-state index in [1.165, 1.54) is 0 Å². The van der Waals surface area contributed by atoms with Crippen LogP contribution in [0.25, 0.3) is 0 Å². The monoisotopic (exact) mass is 348 g/mol. The summed E-state index contributed by atoms with van der Waals surface area (Å²) in [5.74, 6) is 0.562. The summed E-state index contributed by atoms with van der Waals surface area (Å²) in [6.07, 6.45) is 1.80. The summed E-state index contributed by atoms with van der Waals surface area (Å²) in [6.45, 7) is 3.84. The molecule has 0 aromatic heterocycles. The van der Waals surface area contributed by atoms with Crippen molar-refractivity contribution in [2.75, 3.05) is 13.1 Å². The number of amides is 1. The van der Waals surface area contributed by atoms with Crippen molar-refractivity contribution < 1.29 is 4.79 Å². The molecule has 0 spiro atoms. The molecule has 1 aliphatic heterocycles. The van der Waals surface area contributed by atoms with Crippen LogP contribution in [0.15, 0.2) is 18.2 Å². The van der Waals surface area contributed by atoms with Gasteiger partial charge in [0.15, 0.2) is 0 Å². The molecule has 6 heteroatoms. The summed E-state index contributed by atoms with van der Waals surface area (Å²) in [5.41, 5.74) is 0.522. The van der Waals surface area contributed by atoms with E-state index in [0.717, 1.165) is 31.5 Å². The summed E-state index contributed by atoms with van der Waals surface area (Å²) < 4.78 is 0. The lowest BCUT2D eigenvalue weighted by Gasteiger charge is -2.33. The SMILES string of the molecule is CC(C(=O)NC1(c2c(Cl)cccc2Cl)CC1)C1CNC1.Cl. The van der Waals surface area contributed by atoms with Crippen LogP contribution in [-0.4, -0.2) is 19.0 Å². The van der Waals surface area contributed by atoms with Crippen molar-refractivity contribution in [3.05, 3.63) is 33.8 Å². The van der Waals surface area contributed by atoms with Crippen LogP contribution in [0.4, 0.5) is 0 Å². The molecule has 1 aromatic carbocycles. The smallest absolute Gasteiger partial charge is 0.223 e. The molecule has 1 saturated heterocycles. The van der Waals surface area contributed by atoms with Crippen molar-refractivity contribution in [1.29, 1.82) is 0 Å². The predicted molar refractivity (Wildman–Crippen MR) is 88.3 cm³/mol. The number of carbonyl (C=O) groups excluding carboxylic acids is 1. The van der Waals surface area contributed by atoms with Gasteiger partial charge in [0.25, 0.3) is 0 Å². The number of carbonyl (C=O) groups is 1. The first-order valence-corrected chi connectivity index (χ1v) is 7.76. The molecule has 21 heavy (non-hydrogen) atoms. The first-order valence-electron chi connectivity index (χ1n) is 7.01. The highest BCUT2D eigenvalue weighted by Crippen LogP contribution is 2.50. The van der Waals surface area contributed by atoms with Crippen molar-refractivity contribution in [3.8, 4) is 0 Å². The molecular formula is C15H19Cl3N2O. The van der Waals surface area contributed by atoms with Gasteiger partial charge in [0.2, 0.25) is 5.91 Å². The molecule has 2 N–H and O–H groups in total. The third kappa shape index (κ3) is 3.16. The van der Waals surface area contributed by atoms with E-state index in [2.05, 4.69) is 10.6 Å². The van der Waals surface area contributed by atoms with Crippen molar-refractivity contribution in [2.45, 2.75) is 25.3 Å². The number of benzene rings is 1. The summed E-state index contributed by atoms with van der Waals surface area (Å²) >= 11 is 12.5. The van der Waals surface area contributed by atoms with E-state index in [1.807, 2.05) is 25.1 Å². The first-order chi connectivity index (χ1) is 9.53. The molecule has 3 nitrogen and oxygen atoms in total. The first kappa shape index (κ1) is 16.9. The van der Waals surface area contributed by atoms with E-state index in [9.17, 15) is 4.79 Å². The highest BCUT2D eigenvalue weighted by atomic mass is 35.5. The third-order valence-electron chi connectivity index (χ3n) is 4.49. The number of hydrogen-bond acceptors (Lipinski definition) is 2. The van der Waals surface area contributed by atoms with Crippen LogP contribution in [0.1, 0.15) is 25.3 Å². The molecule has 2 fully saturated rings. The second-order valence-electron chi connectivity index (χ2n) is 5.88. The molecule has 0 bridgehead atoms. The second kappa shape index (κ2) is 6.33. The van der Waals surface area contributed by atoms with Crippen LogP contribution >= 0.6 is 35.6 Å². The lowest BCUT2D eigenvalue weighted by molar-refractivity contribution is -0.127. The molecular weight excluding hydrogens is 331 g/mol. The highest BCUT2D eigenvalue weighted by molar-refractivity contribution is 6.36. The number of nitrogens with one attached hydrogen (secondary N) is 2. The molecule has 1 saturated carbocycles. The molecule has 116 valence electrons. The van der Waals surface area contributed by atoms with Crippen LogP contribution in [-0.2, 0) is 10.3 Å². The minimum absolute atomic E-state index is 0. The zero-order valence-electron chi connectivity index (χ0n) is 11.8. The number of rotatable bonds is 4. The Kier molecular flexibility index (Phi) is 5.09. The van der Waals surface area contributed by atoms with Gasteiger partial charge in [-0.25, -0.2) is 0 Å². The zero-order valence-corrected chi connectivity index (χ0v) is 14.1. The van der Waals surface area contributed by atoms with Crippen LogP contribution < -0.4 is 10.6 Å². The molecule has 0 radical (unpaired) electrons. The Balaban J connectivity index is 0.00000161. The Morgan fingerprint density at radius 1 is 1.33 bits per heavy atom. The van der Waals surface area contributed by atoms with E-state index in [-0.39, 0.29) is 29.8 Å². The molecule has 3 rings (SSSR count). The van der Waals surface area contributed by atoms with Crippen LogP contribution in [0.2, 0.25) is 10.0 Å². The van der Waals surface area contributed by atoms with Gasteiger partial charge >= 0.3 is 0 Å². The van der Waals surface area contributed by atoms with E-state index in [4.69, 9.17) is 23.2 Å². The number of halogens is 3. The van der Waals surface area contributed by atoms with Gasteiger partial charge in [-0.15, -0.1) is 12.4 Å². The van der Waals surface area contributed by atoms with Crippen molar-refractivity contribution in [1.82, 2.24) is 10.6 Å². The summed E-state index contributed by atoms with van der Waals surface area (Å²) in [7, 11) is 0. The maximum Gasteiger partial charge on any atom is 0.223 e. The fourth-order valence-electron chi connectivity index (χ4n) is 2.75. The normalized spacial score (nSPS) is 20.9. The highest BCUT2D eigenvalue weighted by Gasteiger charge is 2.49. The second-order valence-corrected chi connectivity index (χ2v) is 6.69. The quantitative estimate of drug-likeness (QED) is 0.875. The fraction of sp³-hybridized carbons (Fsp3) is 0.533. The van der Waals surface area contributed by atoms with Gasteiger partial charge in [0.1, 0.15) is 0 Å². The molecule has 1 atom stereocenters. The zero-order chi connectivity index (χ0) is 14.3. The van der Waals surface area contributed by atoms with Gasteiger partial charge < -0.3 is 10.6 Å². The van der Waals surface area contributed by atoms with Gasteiger partial charge in [-0.2, -0.15) is 0 Å². The minimum Gasteiger partial charge on any atom is -0.346 e. The van der Waals surface area contributed by atoms with Gasteiger partial charge in [-0.3, -0.25) is 4.79 Å². The summed E-state index contributed by atoms with van der Waals surface area (Å²) in [6, 6.07) is 5.48. The van der Waals surface area contributed by atoms with Crippen LogP contribution in [0.5, 0.6) is 0 Å². The lowest BCUT2D eigenvalue weighted by atomic mass is 9.88. The molecule has 1 unspecified atom stereocenters. The number of hydrogen-bond donors (Lipinski definition) is 2. The molecule has 1 aliphatic carbocycles. The van der Waals surface area contributed by atoms with Gasteiger partial charge in [0.05, 0.1) is 5.54 Å². The topological polar surface area (TPSA) is 41.1 Å². The van der Waals surface area contributed by atoms with E-state index >= 15 is 0 Å². The van der Waals surface area contributed by atoms with Crippen LogP contribution in [0.3, 0.4) is 0 Å². The fourth-order valence-corrected chi connectivity index (χ4v) is 3.50. The van der Waals surface area contributed by atoms with E-state index in [0.29, 0.717) is 16.0 Å².